The summed E-state index contributed by atoms with van der Waals surface area (Å²) in [7, 11) is 0. The van der Waals surface area contributed by atoms with Gasteiger partial charge in [-0.05, 0) is 41.4 Å². The highest BCUT2D eigenvalue weighted by molar-refractivity contribution is 7.17. The molecule has 0 spiro atoms. The van der Waals surface area contributed by atoms with Crippen LogP contribution in [0.1, 0.15) is 33.4 Å². The Labute approximate surface area is 156 Å². The summed E-state index contributed by atoms with van der Waals surface area (Å²) in [5.74, 6) is -0.464. The molecular formula is C18H14F3NO2S2. The van der Waals surface area contributed by atoms with Gasteiger partial charge in [-0.15, -0.1) is 11.3 Å². The molecular weight excluding hydrogens is 383 g/mol. The van der Waals surface area contributed by atoms with Gasteiger partial charge in [0.1, 0.15) is 9.88 Å². The molecule has 3 nitrogen and oxygen atoms in total. The van der Waals surface area contributed by atoms with Crippen molar-refractivity contribution in [2.75, 3.05) is 6.61 Å². The zero-order valence-electron chi connectivity index (χ0n) is 13.7. The third-order valence-corrected chi connectivity index (χ3v) is 5.43. The van der Waals surface area contributed by atoms with Crippen LogP contribution in [-0.4, -0.2) is 17.6 Å². The smallest absolute Gasteiger partial charge is 0.416 e. The van der Waals surface area contributed by atoms with E-state index in [2.05, 4.69) is 4.98 Å². The first-order chi connectivity index (χ1) is 12.4. The SMILES string of the molecule is CCOC(=O)c1sc(-c2ccc(C(F)(F)F)cc2)nc1Cc1ccsc1. The van der Waals surface area contributed by atoms with Crippen LogP contribution in [0, 0.1) is 0 Å². The molecule has 1 aromatic carbocycles. The van der Waals surface area contributed by atoms with Crippen molar-refractivity contribution in [3.05, 3.63) is 62.8 Å². The normalized spacial score (nSPS) is 11.5. The Bertz CT molecular complexity index is 884. The van der Waals surface area contributed by atoms with E-state index in [1.165, 1.54) is 12.1 Å². The lowest BCUT2D eigenvalue weighted by Gasteiger charge is -2.06. The summed E-state index contributed by atoms with van der Waals surface area (Å²) in [5.41, 5.74) is 1.40. The fraction of sp³-hybridized carbons (Fsp3) is 0.222. The number of thiophene rings is 1. The fourth-order valence-corrected chi connectivity index (χ4v) is 3.99. The Morgan fingerprint density at radius 1 is 1.19 bits per heavy atom. The largest absolute Gasteiger partial charge is 0.462 e. The van der Waals surface area contributed by atoms with Gasteiger partial charge in [0.2, 0.25) is 0 Å². The molecule has 0 saturated heterocycles. The molecule has 0 atom stereocenters. The molecule has 8 heteroatoms. The van der Waals surface area contributed by atoms with Gasteiger partial charge < -0.3 is 4.74 Å². The number of halogens is 3. The van der Waals surface area contributed by atoms with Gasteiger partial charge in [-0.2, -0.15) is 24.5 Å². The fourth-order valence-electron chi connectivity index (χ4n) is 2.34. The predicted octanol–water partition coefficient (Wildman–Crippen LogP) is 5.66. The second-order valence-corrected chi connectivity index (χ2v) is 7.18. The van der Waals surface area contributed by atoms with Crippen molar-refractivity contribution in [3.63, 3.8) is 0 Å². The number of nitrogens with zero attached hydrogens (tertiary/aromatic N) is 1. The van der Waals surface area contributed by atoms with Crippen LogP contribution in [-0.2, 0) is 17.3 Å². The standard InChI is InChI=1S/C18H14F3NO2S2/c1-2-24-17(23)15-14(9-11-7-8-25-10-11)22-16(26-15)12-3-5-13(6-4-12)18(19,20)21/h3-8,10H,2,9H2,1H3. The van der Waals surface area contributed by atoms with E-state index in [0.29, 0.717) is 27.6 Å². The van der Waals surface area contributed by atoms with Gasteiger partial charge in [0.05, 0.1) is 17.9 Å². The second kappa shape index (κ2) is 7.59. The van der Waals surface area contributed by atoms with E-state index in [9.17, 15) is 18.0 Å². The van der Waals surface area contributed by atoms with Crippen molar-refractivity contribution < 1.29 is 22.7 Å². The highest BCUT2D eigenvalue weighted by atomic mass is 32.1. The van der Waals surface area contributed by atoms with Gasteiger partial charge in [-0.1, -0.05) is 12.1 Å². The first-order valence-electron chi connectivity index (χ1n) is 7.74. The molecule has 136 valence electrons. The van der Waals surface area contributed by atoms with E-state index in [4.69, 9.17) is 4.74 Å². The summed E-state index contributed by atoms with van der Waals surface area (Å²) in [6, 6.07) is 6.70. The average Bonchev–Trinajstić information content (AvgIpc) is 3.25. The maximum Gasteiger partial charge on any atom is 0.416 e. The summed E-state index contributed by atoms with van der Waals surface area (Å²) < 4.78 is 43.2. The van der Waals surface area contributed by atoms with Crippen molar-refractivity contribution in [2.45, 2.75) is 19.5 Å². The van der Waals surface area contributed by atoms with Gasteiger partial charge in [0.25, 0.3) is 0 Å². The lowest BCUT2D eigenvalue weighted by Crippen LogP contribution is -2.05. The summed E-state index contributed by atoms with van der Waals surface area (Å²) >= 11 is 2.68. The van der Waals surface area contributed by atoms with E-state index in [1.807, 2.05) is 16.8 Å². The molecule has 3 aromatic rings. The summed E-state index contributed by atoms with van der Waals surface area (Å²) in [5, 5.41) is 4.39. The van der Waals surface area contributed by atoms with Gasteiger partial charge in [0, 0.05) is 12.0 Å². The Morgan fingerprint density at radius 2 is 1.92 bits per heavy atom. The van der Waals surface area contributed by atoms with Gasteiger partial charge in [0.15, 0.2) is 0 Å². The molecule has 2 aromatic heterocycles. The quantitative estimate of drug-likeness (QED) is 0.522. The van der Waals surface area contributed by atoms with Crippen LogP contribution in [0.5, 0.6) is 0 Å². The second-order valence-electron chi connectivity index (χ2n) is 5.40. The summed E-state index contributed by atoms with van der Waals surface area (Å²) in [4.78, 5) is 17.1. The van der Waals surface area contributed by atoms with E-state index in [1.54, 1.807) is 18.3 Å². The molecule has 0 radical (unpaired) electrons. The maximum absolute atomic E-state index is 12.7. The van der Waals surface area contributed by atoms with Crippen molar-refractivity contribution in [2.24, 2.45) is 0 Å². The first-order valence-corrected chi connectivity index (χ1v) is 9.50. The third-order valence-electron chi connectivity index (χ3n) is 3.57. The van der Waals surface area contributed by atoms with E-state index in [0.717, 1.165) is 29.0 Å². The molecule has 0 aliphatic rings. The van der Waals surface area contributed by atoms with Crippen LogP contribution in [0.3, 0.4) is 0 Å². The number of aromatic nitrogens is 1. The average molecular weight is 397 g/mol. The summed E-state index contributed by atoms with van der Waals surface area (Å²) in [6.07, 6.45) is -3.92. The molecule has 0 unspecified atom stereocenters. The van der Waals surface area contributed by atoms with Crippen LogP contribution >= 0.6 is 22.7 Å². The van der Waals surface area contributed by atoms with Gasteiger partial charge >= 0.3 is 12.1 Å². The number of thiazole rings is 1. The monoisotopic (exact) mass is 397 g/mol. The molecule has 0 amide bonds. The van der Waals surface area contributed by atoms with E-state index < -0.39 is 17.7 Å². The van der Waals surface area contributed by atoms with Crippen molar-refractivity contribution >= 4 is 28.6 Å². The number of rotatable bonds is 5. The van der Waals surface area contributed by atoms with Crippen molar-refractivity contribution in [3.8, 4) is 10.6 Å². The van der Waals surface area contributed by atoms with Gasteiger partial charge in [-0.25, -0.2) is 9.78 Å². The predicted molar refractivity (Wildman–Crippen MR) is 95.6 cm³/mol. The number of carbonyl (C=O) groups excluding carboxylic acids is 1. The first kappa shape index (κ1) is 18.6. The molecule has 26 heavy (non-hydrogen) atoms. The molecule has 0 fully saturated rings. The maximum atomic E-state index is 12.7. The zero-order chi connectivity index (χ0) is 18.7. The minimum Gasteiger partial charge on any atom is -0.462 e. The van der Waals surface area contributed by atoms with E-state index >= 15 is 0 Å². The van der Waals surface area contributed by atoms with Gasteiger partial charge in [-0.3, -0.25) is 0 Å². The third kappa shape index (κ3) is 4.13. The number of ether oxygens (including phenoxy) is 1. The minimum atomic E-state index is -4.39. The Morgan fingerprint density at radius 3 is 2.50 bits per heavy atom. The minimum absolute atomic E-state index is 0.240. The number of hydrogen-bond acceptors (Lipinski definition) is 5. The van der Waals surface area contributed by atoms with Crippen molar-refractivity contribution in [1.29, 1.82) is 0 Å². The number of esters is 1. The summed E-state index contributed by atoms with van der Waals surface area (Å²) in [6.45, 7) is 1.96. The highest BCUT2D eigenvalue weighted by Crippen LogP contribution is 2.34. The lowest BCUT2D eigenvalue weighted by molar-refractivity contribution is -0.137. The van der Waals surface area contributed by atoms with Crippen LogP contribution in [0.15, 0.2) is 41.1 Å². The molecule has 0 aliphatic heterocycles. The molecule has 0 N–H and O–H groups in total. The van der Waals surface area contributed by atoms with Crippen LogP contribution < -0.4 is 0 Å². The van der Waals surface area contributed by atoms with Crippen LogP contribution in [0.2, 0.25) is 0 Å². The Hall–Kier alpha value is -2.19. The Kier molecular flexibility index (Phi) is 5.43. The molecule has 3 rings (SSSR count). The number of alkyl halides is 3. The van der Waals surface area contributed by atoms with Crippen molar-refractivity contribution in [1.82, 2.24) is 4.98 Å². The zero-order valence-corrected chi connectivity index (χ0v) is 15.3. The number of hydrogen-bond donors (Lipinski definition) is 0. The Balaban J connectivity index is 1.95. The number of benzene rings is 1. The lowest BCUT2D eigenvalue weighted by atomic mass is 10.1. The highest BCUT2D eigenvalue weighted by Gasteiger charge is 2.30. The van der Waals surface area contributed by atoms with E-state index in [-0.39, 0.29) is 6.61 Å². The molecule has 0 aliphatic carbocycles. The molecule has 2 heterocycles. The molecule has 0 bridgehead atoms. The molecule has 0 saturated carbocycles. The van der Waals surface area contributed by atoms with Crippen LogP contribution in [0.25, 0.3) is 10.6 Å². The van der Waals surface area contributed by atoms with Crippen LogP contribution in [0.4, 0.5) is 13.2 Å². The number of carbonyl (C=O) groups is 1. The topological polar surface area (TPSA) is 39.2 Å².